The number of amides is 1. The molecule has 2 atom stereocenters. The maximum Gasteiger partial charge on any atom is 0.229 e. The molecule has 0 saturated heterocycles. The summed E-state index contributed by atoms with van der Waals surface area (Å²) < 4.78 is 0. The summed E-state index contributed by atoms with van der Waals surface area (Å²) >= 11 is 1.44. The van der Waals surface area contributed by atoms with Gasteiger partial charge in [0, 0.05) is 17.4 Å². The van der Waals surface area contributed by atoms with Gasteiger partial charge >= 0.3 is 0 Å². The highest BCUT2D eigenvalue weighted by Gasteiger charge is 2.30. The maximum absolute atomic E-state index is 12.3. The topological polar surface area (TPSA) is 80.9 Å². The van der Waals surface area contributed by atoms with Crippen molar-refractivity contribution in [1.29, 1.82) is 0 Å². The van der Waals surface area contributed by atoms with Gasteiger partial charge in [-0.05, 0) is 38.7 Å². The predicted octanol–water partition coefficient (Wildman–Crippen LogP) is 3.35. The highest BCUT2D eigenvalue weighted by atomic mass is 35.5. The Morgan fingerprint density at radius 3 is 2.58 bits per heavy atom. The summed E-state index contributed by atoms with van der Waals surface area (Å²) in [5.74, 6) is 0.0117. The number of hydrogen-bond acceptors (Lipinski definition) is 5. The molecule has 3 rings (SSSR count). The molecule has 7 heteroatoms. The van der Waals surface area contributed by atoms with Crippen molar-refractivity contribution in [3.8, 4) is 0 Å². The summed E-state index contributed by atoms with van der Waals surface area (Å²) in [5.41, 5.74) is 6.81. The van der Waals surface area contributed by atoms with E-state index in [9.17, 15) is 4.79 Å². The van der Waals surface area contributed by atoms with E-state index < -0.39 is 0 Å². The van der Waals surface area contributed by atoms with E-state index in [0.29, 0.717) is 5.13 Å². The smallest absolute Gasteiger partial charge is 0.229 e. The molecule has 0 spiro atoms. The molecule has 0 aliphatic heterocycles. The van der Waals surface area contributed by atoms with E-state index in [0.717, 1.165) is 24.3 Å². The van der Waals surface area contributed by atoms with E-state index in [1.165, 1.54) is 16.9 Å². The highest BCUT2D eigenvalue weighted by molar-refractivity contribution is 7.15. The first-order valence-electron chi connectivity index (χ1n) is 7.93. The molecule has 5 nitrogen and oxygen atoms in total. The lowest BCUT2D eigenvalue weighted by Crippen LogP contribution is -2.23. The lowest BCUT2D eigenvalue weighted by Gasteiger charge is -2.21. The van der Waals surface area contributed by atoms with Crippen molar-refractivity contribution in [2.75, 3.05) is 5.32 Å². The second-order valence-electron chi connectivity index (χ2n) is 6.66. The zero-order chi connectivity index (χ0) is 16.4. The Labute approximate surface area is 152 Å². The van der Waals surface area contributed by atoms with E-state index in [2.05, 4.69) is 41.5 Å². The molecule has 1 aromatic heterocycles. The Balaban J connectivity index is 0.00000208. The first kappa shape index (κ1) is 18.8. The Morgan fingerprint density at radius 1 is 1.25 bits per heavy atom. The number of hydrogen-bond donors (Lipinski definition) is 2. The van der Waals surface area contributed by atoms with Crippen molar-refractivity contribution in [3.63, 3.8) is 0 Å². The summed E-state index contributed by atoms with van der Waals surface area (Å²) in [6.07, 6.45) is 2.53. The molecule has 24 heavy (non-hydrogen) atoms. The average Bonchev–Trinajstić information content (AvgIpc) is 3.17. The van der Waals surface area contributed by atoms with Crippen molar-refractivity contribution in [2.24, 2.45) is 11.7 Å². The number of rotatable bonds is 4. The molecule has 1 heterocycles. The van der Waals surface area contributed by atoms with Crippen molar-refractivity contribution >= 4 is 34.8 Å². The Kier molecular flexibility index (Phi) is 5.96. The van der Waals surface area contributed by atoms with Gasteiger partial charge in [0.1, 0.15) is 5.01 Å². The third-order valence-corrected chi connectivity index (χ3v) is 5.69. The number of nitrogens with two attached hydrogens (primary N) is 1. The average molecular weight is 367 g/mol. The fourth-order valence-electron chi connectivity index (χ4n) is 2.97. The van der Waals surface area contributed by atoms with Gasteiger partial charge in [0.2, 0.25) is 11.0 Å². The van der Waals surface area contributed by atoms with Crippen LogP contribution < -0.4 is 11.1 Å². The molecule has 3 N–H and O–H groups in total. The van der Waals surface area contributed by atoms with Crippen LogP contribution in [0.3, 0.4) is 0 Å². The Hall–Kier alpha value is -1.50. The number of aromatic nitrogens is 2. The minimum atomic E-state index is -0.238. The highest BCUT2D eigenvalue weighted by Crippen LogP contribution is 2.35. The SMILES string of the molecule is CC(C)(c1ccccc1)c1nnc(NC(=O)C2CCC(N)C2)s1.Cl. The monoisotopic (exact) mass is 366 g/mol. The van der Waals surface area contributed by atoms with Crippen LogP contribution in [0.1, 0.15) is 43.7 Å². The van der Waals surface area contributed by atoms with Crippen LogP contribution in [0.4, 0.5) is 5.13 Å². The molecule has 1 aliphatic carbocycles. The van der Waals surface area contributed by atoms with Gasteiger partial charge in [0.15, 0.2) is 0 Å². The third-order valence-electron chi connectivity index (χ3n) is 4.53. The lowest BCUT2D eigenvalue weighted by atomic mass is 9.85. The van der Waals surface area contributed by atoms with Crippen molar-refractivity contribution in [1.82, 2.24) is 10.2 Å². The van der Waals surface area contributed by atoms with Gasteiger partial charge in [-0.3, -0.25) is 4.79 Å². The molecule has 1 aromatic carbocycles. The van der Waals surface area contributed by atoms with E-state index in [1.54, 1.807) is 0 Å². The number of carbonyl (C=O) groups is 1. The molecular weight excluding hydrogens is 344 g/mol. The molecule has 1 saturated carbocycles. The molecule has 2 unspecified atom stereocenters. The lowest BCUT2D eigenvalue weighted by molar-refractivity contribution is -0.119. The van der Waals surface area contributed by atoms with E-state index in [-0.39, 0.29) is 35.7 Å². The number of halogens is 1. The molecule has 2 aromatic rings. The van der Waals surface area contributed by atoms with E-state index in [4.69, 9.17) is 5.73 Å². The Bertz CT molecular complexity index is 689. The Morgan fingerprint density at radius 2 is 1.96 bits per heavy atom. The standard InChI is InChI=1S/C17H22N4OS.ClH/c1-17(2,12-6-4-3-5-7-12)15-20-21-16(23-15)19-14(22)11-8-9-13(18)10-11;/h3-7,11,13H,8-10,18H2,1-2H3,(H,19,21,22);1H. The summed E-state index contributed by atoms with van der Waals surface area (Å²) in [5, 5.41) is 12.8. The van der Waals surface area contributed by atoms with E-state index in [1.807, 2.05) is 18.2 Å². The minimum Gasteiger partial charge on any atom is -0.328 e. The largest absolute Gasteiger partial charge is 0.328 e. The summed E-state index contributed by atoms with van der Waals surface area (Å²) in [6.45, 7) is 4.23. The van der Waals surface area contributed by atoms with Crippen molar-refractivity contribution in [3.05, 3.63) is 40.9 Å². The number of anilines is 1. The molecule has 0 radical (unpaired) electrons. The van der Waals surface area contributed by atoms with Crippen molar-refractivity contribution in [2.45, 2.75) is 44.6 Å². The van der Waals surface area contributed by atoms with Crippen LogP contribution in [0.2, 0.25) is 0 Å². The quantitative estimate of drug-likeness (QED) is 0.869. The molecule has 1 amide bonds. The number of nitrogens with zero attached hydrogens (tertiary/aromatic N) is 2. The molecular formula is C17H23ClN4OS. The zero-order valence-electron chi connectivity index (χ0n) is 13.9. The normalized spacial score (nSPS) is 20.5. The van der Waals surface area contributed by atoms with E-state index >= 15 is 0 Å². The van der Waals surface area contributed by atoms with Crippen LogP contribution >= 0.6 is 23.7 Å². The van der Waals surface area contributed by atoms with Crippen LogP contribution in [0, 0.1) is 5.92 Å². The van der Waals surface area contributed by atoms with Crippen LogP contribution in [0.25, 0.3) is 0 Å². The van der Waals surface area contributed by atoms with Gasteiger partial charge in [-0.25, -0.2) is 0 Å². The van der Waals surface area contributed by atoms with Gasteiger partial charge in [-0.2, -0.15) is 0 Å². The van der Waals surface area contributed by atoms with Crippen molar-refractivity contribution < 1.29 is 4.79 Å². The third kappa shape index (κ3) is 3.94. The van der Waals surface area contributed by atoms with Crippen LogP contribution in [-0.2, 0) is 10.2 Å². The molecule has 130 valence electrons. The summed E-state index contributed by atoms with van der Waals surface area (Å²) in [4.78, 5) is 12.3. The predicted molar refractivity (Wildman–Crippen MR) is 99.7 cm³/mol. The minimum absolute atomic E-state index is 0. The van der Waals surface area contributed by atoms with Gasteiger partial charge in [-0.15, -0.1) is 22.6 Å². The number of carbonyl (C=O) groups excluding carboxylic acids is 1. The van der Waals surface area contributed by atoms with Crippen LogP contribution in [0.15, 0.2) is 30.3 Å². The first-order valence-corrected chi connectivity index (χ1v) is 8.74. The maximum atomic E-state index is 12.3. The molecule has 1 aliphatic rings. The summed E-state index contributed by atoms with van der Waals surface area (Å²) in [6, 6.07) is 10.3. The molecule has 1 fully saturated rings. The van der Waals surface area contributed by atoms with Crippen LogP contribution in [-0.4, -0.2) is 22.1 Å². The number of nitrogens with one attached hydrogen (secondary N) is 1. The second-order valence-corrected chi connectivity index (χ2v) is 7.64. The molecule has 0 bridgehead atoms. The fourth-order valence-corrected chi connectivity index (χ4v) is 3.84. The fraction of sp³-hybridized carbons (Fsp3) is 0.471. The van der Waals surface area contributed by atoms with Gasteiger partial charge in [0.25, 0.3) is 0 Å². The van der Waals surface area contributed by atoms with Crippen LogP contribution in [0.5, 0.6) is 0 Å². The second kappa shape index (κ2) is 7.59. The van der Waals surface area contributed by atoms with Gasteiger partial charge < -0.3 is 11.1 Å². The zero-order valence-corrected chi connectivity index (χ0v) is 15.5. The number of benzene rings is 1. The van der Waals surface area contributed by atoms with Gasteiger partial charge in [0.05, 0.1) is 0 Å². The first-order chi connectivity index (χ1) is 11.0. The van der Waals surface area contributed by atoms with Gasteiger partial charge in [-0.1, -0.05) is 41.7 Å². The summed E-state index contributed by atoms with van der Waals surface area (Å²) in [7, 11) is 0.